The van der Waals surface area contributed by atoms with Gasteiger partial charge in [-0.2, -0.15) is 0 Å². The maximum Gasteiger partial charge on any atom is 0.271 e. The number of nitrogens with zero attached hydrogens (tertiary/aromatic N) is 1. The Kier molecular flexibility index (Phi) is 2.86. The van der Waals surface area contributed by atoms with Crippen LogP contribution < -0.4 is 16.1 Å². The molecule has 0 saturated heterocycles. The molecule has 4 rings (SSSR count). The van der Waals surface area contributed by atoms with E-state index in [-0.39, 0.29) is 5.56 Å². The summed E-state index contributed by atoms with van der Waals surface area (Å²) in [6.45, 7) is 0. The maximum absolute atomic E-state index is 12.1. The molecule has 1 aromatic heterocycles. The van der Waals surface area contributed by atoms with Gasteiger partial charge in [0.2, 0.25) is 0 Å². The molecule has 1 aliphatic rings. The van der Waals surface area contributed by atoms with Crippen molar-refractivity contribution in [1.29, 1.82) is 0 Å². The van der Waals surface area contributed by atoms with E-state index in [2.05, 4.69) is 15.2 Å². The fourth-order valence-corrected chi connectivity index (χ4v) is 2.60. The van der Waals surface area contributed by atoms with Crippen LogP contribution in [0, 0.1) is 0 Å². The lowest BCUT2D eigenvalue weighted by Crippen LogP contribution is -2.19. The predicted octanol–water partition coefficient (Wildman–Crippen LogP) is 1.82. The Bertz CT molecular complexity index is 1000. The Morgan fingerprint density at radius 3 is 2.50 bits per heavy atom. The van der Waals surface area contributed by atoms with Gasteiger partial charge in [-0.15, -0.1) is 0 Å². The quantitative estimate of drug-likeness (QED) is 0.742. The highest BCUT2D eigenvalue weighted by molar-refractivity contribution is 5.75. The van der Waals surface area contributed by atoms with Crippen molar-refractivity contribution < 1.29 is 0 Å². The summed E-state index contributed by atoms with van der Waals surface area (Å²) in [5.74, 6) is 0. The van der Waals surface area contributed by atoms with E-state index >= 15 is 0 Å². The lowest BCUT2D eigenvalue weighted by molar-refractivity contribution is 1.06. The van der Waals surface area contributed by atoms with Crippen molar-refractivity contribution in [3.8, 4) is 11.3 Å². The number of para-hydroxylation sites is 1. The number of nitrogens with one attached hydrogen (secondary N) is 2. The molecule has 0 radical (unpaired) electrons. The molecular formula is C18H13N3O. The summed E-state index contributed by atoms with van der Waals surface area (Å²) < 4.78 is 0. The van der Waals surface area contributed by atoms with Crippen LogP contribution in [0.5, 0.6) is 0 Å². The molecule has 0 aliphatic carbocycles. The fraction of sp³-hybridized carbons (Fsp3) is 0. The molecule has 2 aromatic carbocycles. The molecule has 4 heteroatoms. The third-order valence-corrected chi connectivity index (χ3v) is 3.66. The number of benzene rings is 2. The number of fused-ring (bicyclic) bond motifs is 1. The molecular weight excluding hydrogens is 274 g/mol. The molecule has 0 unspecified atom stereocenters. The van der Waals surface area contributed by atoms with Gasteiger partial charge >= 0.3 is 0 Å². The molecule has 2 heterocycles. The van der Waals surface area contributed by atoms with Crippen LogP contribution in [0.25, 0.3) is 23.4 Å². The highest BCUT2D eigenvalue weighted by atomic mass is 16.1. The number of allylic oxidation sites excluding steroid dienone is 1. The summed E-state index contributed by atoms with van der Waals surface area (Å²) >= 11 is 0. The lowest BCUT2D eigenvalue weighted by Gasteiger charge is -1.98. The van der Waals surface area contributed by atoms with Crippen molar-refractivity contribution in [2.24, 2.45) is 4.99 Å². The summed E-state index contributed by atoms with van der Waals surface area (Å²) in [7, 11) is 0. The minimum absolute atomic E-state index is 0.147. The van der Waals surface area contributed by atoms with Crippen molar-refractivity contribution in [2.75, 3.05) is 0 Å². The first-order valence-corrected chi connectivity index (χ1v) is 7.04. The predicted molar refractivity (Wildman–Crippen MR) is 86.5 cm³/mol. The number of hydrogen-bond acceptors (Lipinski definition) is 2. The monoisotopic (exact) mass is 287 g/mol. The van der Waals surface area contributed by atoms with E-state index in [0.29, 0.717) is 5.56 Å². The smallest absolute Gasteiger partial charge is 0.271 e. The normalized spacial score (nSPS) is 14.5. The van der Waals surface area contributed by atoms with Crippen LogP contribution in [0.15, 0.2) is 70.1 Å². The number of H-pyrrole nitrogens is 2. The Labute approximate surface area is 126 Å². The number of aromatic amines is 2. The Morgan fingerprint density at radius 2 is 1.68 bits per heavy atom. The van der Waals surface area contributed by atoms with Crippen molar-refractivity contribution in [1.82, 2.24) is 10.2 Å². The average molecular weight is 287 g/mol. The van der Waals surface area contributed by atoms with Gasteiger partial charge in [0, 0.05) is 10.8 Å². The SMILES string of the molecule is O=c1[nH][nH]c(-c2ccccc2)c1C=C1C=c2ccccc2=N1. The highest BCUT2D eigenvalue weighted by Crippen LogP contribution is 2.21. The van der Waals surface area contributed by atoms with Gasteiger partial charge in [0.05, 0.1) is 22.3 Å². The zero-order chi connectivity index (χ0) is 14.9. The fourth-order valence-electron chi connectivity index (χ4n) is 2.60. The van der Waals surface area contributed by atoms with Crippen LogP contribution in [-0.4, -0.2) is 10.2 Å². The largest absolute Gasteiger partial charge is 0.297 e. The number of hydrogen-bond donors (Lipinski definition) is 2. The van der Waals surface area contributed by atoms with Gasteiger partial charge in [0.1, 0.15) is 0 Å². The second-order valence-electron chi connectivity index (χ2n) is 5.12. The summed E-state index contributed by atoms with van der Waals surface area (Å²) in [6, 6.07) is 17.7. The number of aromatic nitrogens is 2. The second kappa shape index (κ2) is 5.00. The van der Waals surface area contributed by atoms with Gasteiger partial charge in [-0.3, -0.25) is 15.0 Å². The Hall–Kier alpha value is -3.14. The minimum Gasteiger partial charge on any atom is -0.297 e. The third kappa shape index (κ3) is 2.11. The van der Waals surface area contributed by atoms with E-state index < -0.39 is 0 Å². The Balaban J connectivity index is 1.86. The van der Waals surface area contributed by atoms with Crippen LogP contribution >= 0.6 is 0 Å². The molecule has 0 spiro atoms. The van der Waals surface area contributed by atoms with E-state index in [0.717, 1.165) is 27.5 Å². The summed E-state index contributed by atoms with van der Waals surface area (Å²) in [5, 5.41) is 7.60. The van der Waals surface area contributed by atoms with Crippen LogP contribution in [0.1, 0.15) is 5.56 Å². The molecule has 0 fully saturated rings. The van der Waals surface area contributed by atoms with Crippen molar-refractivity contribution >= 4 is 12.2 Å². The molecule has 22 heavy (non-hydrogen) atoms. The first kappa shape index (κ1) is 12.6. The van der Waals surface area contributed by atoms with Gasteiger partial charge in [-0.1, -0.05) is 48.5 Å². The van der Waals surface area contributed by atoms with Crippen molar-refractivity contribution in [2.45, 2.75) is 0 Å². The molecule has 1 aliphatic heterocycles. The summed E-state index contributed by atoms with van der Waals surface area (Å²) in [5.41, 5.74) is 2.96. The Morgan fingerprint density at radius 1 is 0.909 bits per heavy atom. The third-order valence-electron chi connectivity index (χ3n) is 3.66. The van der Waals surface area contributed by atoms with Gasteiger partial charge in [0.15, 0.2) is 0 Å². The van der Waals surface area contributed by atoms with E-state index in [4.69, 9.17) is 0 Å². The second-order valence-corrected chi connectivity index (χ2v) is 5.12. The van der Waals surface area contributed by atoms with Crippen LogP contribution in [0.4, 0.5) is 0 Å². The van der Waals surface area contributed by atoms with Gasteiger partial charge < -0.3 is 0 Å². The molecule has 0 saturated carbocycles. The molecule has 0 atom stereocenters. The molecule has 0 amide bonds. The van der Waals surface area contributed by atoms with E-state index in [9.17, 15) is 4.79 Å². The van der Waals surface area contributed by atoms with Crippen LogP contribution in [0.3, 0.4) is 0 Å². The lowest BCUT2D eigenvalue weighted by atomic mass is 10.1. The number of rotatable bonds is 2. The van der Waals surface area contributed by atoms with Gasteiger partial charge in [-0.05, 0) is 18.2 Å². The zero-order valence-corrected chi connectivity index (χ0v) is 11.7. The van der Waals surface area contributed by atoms with Gasteiger partial charge in [-0.25, -0.2) is 4.99 Å². The first-order valence-electron chi connectivity index (χ1n) is 7.04. The summed E-state index contributed by atoms with van der Waals surface area (Å²) in [6.07, 6.45) is 3.80. The highest BCUT2D eigenvalue weighted by Gasteiger charge is 2.11. The average Bonchev–Trinajstić information content (AvgIpc) is 3.12. The standard InChI is InChI=1S/C18H13N3O/c22-18-15(17(20-21-18)12-6-2-1-3-7-12)11-14-10-13-8-4-5-9-16(13)19-14/h1-11H,(H2,20,21,22). The van der Waals surface area contributed by atoms with Crippen molar-refractivity contribution in [3.05, 3.63) is 86.8 Å². The van der Waals surface area contributed by atoms with Gasteiger partial charge in [0.25, 0.3) is 5.56 Å². The zero-order valence-electron chi connectivity index (χ0n) is 11.7. The van der Waals surface area contributed by atoms with Crippen LogP contribution in [-0.2, 0) is 0 Å². The molecule has 4 nitrogen and oxygen atoms in total. The first-order chi connectivity index (χ1) is 10.8. The topological polar surface area (TPSA) is 61.0 Å². The minimum atomic E-state index is -0.147. The van der Waals surface area contributed by atoms with E-state index in [1.54, 1.807) is 0 Å². The van der Waals surface area contributed by atoms with Crippen LogP contribution in [0.2, 0.25) is 0 Å². The summed E-state index contributed by atoms with van der Waals surface area (Å²) in [4.78, 5) is 16.6. The molecule has 106 valence electrons. The molecule has 2 N–H and O–H groups in total. The molecule has 3 aromatic rings. The maximum atomic E-state index is 12.1. The molecule has 0 bridgehead atoms. The van der Waals surface area contributed by atoms with E-state index in [1.165, 1.54) is 0 Å². The van der Waals surface area contributed by atoms with E-state index in [1.807, 2.05) is 66.7 Å². The van der Waals surface area contributed by atoms with Crippen molar-refractivity contribution in [3.63, 3.8) is 0 Å².